The third-order valence-corrected chi connectivity index (χ3v) is 4.03. The topological polar surface area (TPSA) is 73.6 Å². The van der Waals surface area contributed by atoms with Gasteiger partial charge < -0.3 is 20.5 Å². The number of nitrogens with one attached hydrogen (secondary N) is 1. The number of nitrogens with two attached hydrogens (primary N) is 1. The van der Waals surface area contributed by atoms with Gasteiger partial charge >= 0.3 is 0 Å². The van der Waals surface area contributed by atoms with Gasteiger partial charge in [-0.15, -0.1) is 0 Å². The highest BCUT2D eigenvalue weighted by molar-refractivity contribution is 5.94. The van der Waals surface area contributed by atoms with Crippen LogP contribution in [0, 0.1) is 12.8 Å². The summed E-state index contributed by atoms with van der Waals surface area (Å²) in [6.07, 6.45) is 3.70. The average molecular weight is 306 g/mol. The molecule has 1 aliphatic carbocycles. The van der Waals surface area contributed by atoms with Gasteiger partial charge in [0.1, 0.15) is 12.4 Å². The normalized spacial score (nSPS) is 21.4. The van der Waals surface area contributed by atoms with Crippen molar-refractivity contribution in [1.29, 1.82) is 0 Å². The summed E-state index contributed by atoms with van der Waals surface area (Å²) in [4.78, 5) is 12.4. The van der Waals surface area contributed by atoms with E-state index in [4.69, 9.17) is 15.2 Å². The van der Waals surface area contributed by atoms with Crippen molar-refractivity contribution < 1.29 is 14.3 Å². The van der Waals surface area contributed by atoms with E-state index < -0.39 is 0 Å². The Morgan fingerprint density at radius 1 is 1.36 bits per heavy atom. The molecule has 1 aromatic rings. The molecule has 0 radical (unpaired) electrons. The highest BCUT2D eigenvalue weighted by Gasteiger charge is 2.25. The molecule has 22 heavy (non-hydrogen) atoms. The predicted molar refractivity (Wildman–Crippen MR) is 87.1 cm³/mol. The second-order valence-corrected chi connectivity index (χ2v) is 5.95. The number of carbonyl (C=O) groups is 1. The number of ether oxygens (including phenoxy) is 2. The average Bonchev–Trinajstić information content (AvgIpc) is 2.50. The SMILES string of the molecule is COCCOc1cc(C)ccc1NC(=O)C1CCCC(N)C1. The number of benzene rings is 1. The van der Waals surface area contributed by atoms with Gasteiger partial charge in [-0.25, -0.2) is 0 Å². The van der Waals surface area contributed by atoms with Gasteiger partial charge in [0.25, 0.3) is 0 Å². The number of hydrogen-bond donors (Lipinski definition) is 2. The fraction of sp³-hybridized carbons (Fsp3) is 0.588. The lowest BCUT2D eigenvalue weighted by Gasteiger charge is -2.26. The van der Waals surface area contributed by atoms with Gasteiger partial charge in [0, 0.05) is 19.1 Å². The van der Waals surface area contributed by atoms with Crippen LogP contribution in [0.2, 0.25) is 0 Å². The summed E-state index contributed by atoms with van der Waals surface area (Å²) in [7, 11) is 1.63. The molecule has 5 heteroatoms. The van der Waals surface area contributed by atoms with Crippen molar-refractivity contribution in [2.45, 2.75) is 38.6 Å². The third-order valence-electron chi connectivity index (χ3n) is 4.03. The van der Waals surface area contributed by atoms with Gasteiger partial charge in [-0.3, -0.25) is 4.79 Å². The third kappa shape index (κ3) is 4.71. The largest absolute Gasteiger partial charge is 0.489 e. The molecule has 0 saturated heterocycles. The van der Waals surface area contributed by atoms with Crippen LogP contribution in [0.3, 0.4) is 0 Å². The lowest BCUT2D eigenvalue weighted by molar-refractivity contribution is -0.120. The lowest BCUT2D eigenvalue weighted by Crippen LogP contribution is -2.34. The Kier molecular flexibility index (Phi) is 6.21. The summed E-state index contributed by atoms with van der Waals surface area (Å²) in [6.45, 7) is 2.96. The molecule has 5 nitrogen and oxygen atoms in total. The Morgan fingerprint density at radius 2 is 2.18 bits per heavy atom. The van der Waals surface area contributed by atoms with Crippen molar-refractivity contribution in [2.75, 3.05) is 25.6 Å². The van der Waals surface area contributed by atoms with E-state index in [0.717, 1.165) is 31.2 Å². The van der Waals surface area contributed by atoms with Crippen LogP contribution in [-0.4, -0.2) is 32.3 Å². The quantitative estimate of drug-likeness (QED) is 0.792. The minimum absolute atomic E-state index is 0.00289. The van der Waals surface area contributed by atoms with E-state index in [0.29, 0.717) is 24.7 Å². The van der Waals surface area contributed by atoms with E-state index in [-0.39, 0.29) is 17.9 Å². The molecule has 0 heterocycles. The molecular weight excluding hydrogens is 280 g/mol. The first kappa shape index (κ1) is 16.8. The zero-order valence-corrected chi connectivity index (χ0v) is 13.4. The maximum absolute atomic E-state index is 12.4. The fourth-order valence-electron chi connectivity index (χ4n) is 2.79. The molecule has 0 bridgehead atoms. The monoisotopic (exact) mass is 306 g/mol. The van der Waals surface area contributed by atoms with Crippen LogP contribution in [0.25, 0.3) is 0 Å². The van der Waals surface area contributed by atoms with E-state index in [1.54, 1.807) is 7.11 Å². The number of anilines is 1. The molecule has 1 aliphatic rings. The lowest BCUT2D eigenvalue weighted by atomic mass is 9.85. The molecular formula is C17H26N2O3. The Hall–Kier alpha value is -1.59. The van der Waals surface area contributed by atoms with Crippen molar-refractivity contribution in [3.05, 3.63) is 23.8 Å². The summed E-state index contributed by atoms with van der Waals surface area (Å²) < 4.78 is 10.7. The summed E-state index contributed by atoms with van der Waals surface area (Å²) in [6, 6.07) is 5.92. The molecule has 1 aromatic carbocycles. The first-order chi connectivity index (χ1) is 10.6. The van der Waals surface area contributed by atoms with Crippen LogP contribution in [-0.2, 0) is 9.53 Å². The van der Waals surface area contributed by atoms with Crippen molar-refractivity contribution in [1.82, 2.24) is 0 Å². The number of aryl methyl sites for hydroxylation is 1. The van der Waals surface area contributed by atoms with E-state index in [1.807, 2.05) is 25.1 Å². The van der Waals surface area contributed by atoms with Crippen LogP contribution in [0.15, 0.2) is 18.2 Å². The van der Waals surface area contributed by atoms with E-state index in [9.17, 15) is 4.79 Å². The summed E-state index contributed by atoms with van der Waals surface area (Å²) in [5.41, 5.74) is 7.77. The maximum atomic E-state index is 12.4. The zero-order chi connectivity index (χ0) is 15.9. The molecule has 3 N–H and O–H groups in total. The van der Waals surface area contributed by atoms with Crippen LogP contribution < -0.4 is 15.8 Å². The van der Waals surface area contributed by atoms with Crippen LogP contribution in [0.5, 0.6) is 5.75 Å². The van der Waals surface area contributed by atoms with E-state index >= 15 is 0 Å². The number of amides is 1. The highest BCUT2D eigenvalue weighted by Crippen LogP contribution is 2.29. The van der Waals surface area contributed by atoms with E-state index in [1.165, 1.54) is 0 Å². The molecule has 0 aromatic heterocycles. The smallest absolute Gasteiger partial charge is 0.227 e. The zero-order valence-electron chi connectivity index (χ0n) is 13.4. The second kappa shape index (κ2) is 8.15. The van der Waals surface area contributed by atoms with Gasteiger partial charge in [-0.05, 0) is 43.9 Å². The molecule has 1 amide bonds. The standard InChI is InChI=1S/C17H26N2O3/c1-12-6-7-15(16(10-12)22-9-8-21-2)19-17(20)13-4-3-5-14(18)11-13/h6-7,10,13-14H,3-5,8-9,11,18H2,1-2H3,(H,19,20). The van der Waals surface area contributed by atoms with Gasteiger partial charge in [-0.2, -0.15) is 0 Å². The Balaban J connectivity index is 2.02. The first-order valence-electron chi connectivity index (χ1n) is 7.89. The highest BCUT2D eigenvalue weighted by atomic mass is 16.5. The molecule has 0 aliphatic heterocycles. The molecule has 2 unspecified atom stereocenters. The maximum Gasteiger partial charge on any atom is 0.227 e. The fourth-order valence-corrected chi connectivity index (χ4v) is 2.79. The molecule has 1 fully saturated rings. The second-order valence-electron chi connectivity index (χ2n) is 5.95. The van der Waals surface area contributed by atoms with Gasteiger partial charge in [-0.1, -0.05) is 12.5 Å². The van der Waals surface area contributed by atoms with Gasteiger partial charge in [0.05, 0.1) is 12.3 Å². The van der Waals surface area contributed by atoms with E-state index in [2.05, 4.69) is 5.32 Å². The molecule has 2 atom stereocenters. The Morgan fingerprint density at radius 3 is 2.91 bits per heavy atom. The minimum Gasteiger partial charge on any atom is -0.489 e. The summed E-state index contributed by atoms with van der Waals surface area (Å²) >= 11 is 0. The predicted octanol–water partition coefficient (Wildman–Crippen LogP) is 2.48. The molecule has 122 valence electrons. The number of rotatable bonds is 6. The van der Waals surface area contributed by atoms with Crippen molar-refractivity contribution in [3.63, 3.8) is 0 Å². The number of hydrogen-bond acceptors (Lipinski definition) is 4. The number of methoxy groups -OCH3 is 1. The Bertz CT molecular complexity index is 505. The van der Waals surface area contributed by atoms with Crippen molar-refractivity contribution in [3.8, 4) is 5.75 Å². The molecule has 2 rings (SSSR count). The van der Waals surface area contributed by atoms with Crippen LogP contribution >= 0.6 is 0 Å². The molecule has 1 saturated carbocycles. The summed E-state index contributed by atoms with van der Waals surface area (Å²) in [5.74, 6) is 0.720. The van der Waals surface area contributed by atoms with Crippen molar-refractivity contribution >= 4 is 11.6 Å². The first-order valence-corrected chi connectivity index (χ1v) is 7.89. The number of carbonyl (C=O) groups excluding carboxylic acids is 1. The van der Waals surface area contributed by atoms with Gasteiger partial charge in [0.2, 0.25) is 5.91 Å². The summed E-state index contributed by atoms with van der Waals surface area (Å²) in [5, 5.41) is 2.99. The van der Waals surface area contributed by atoms with Gasteiger partial charge in [0.15, 0.2) is 0 Å². The molecule has 0 spiro atoms. The van der Waals surface area contributed by atoms with Crippen LogP contribution in [0.4, 0.5) is 5.69 Å². The van der Waals surface area contributed by atoms with Crippen LogP contribution in [0.1, 0.15) is 31.2 Å². The Labute approximate surface area is 132 Å². The minimum atomic E-state index is -0.00289. The van der Waals surface area contributed by atoms with Crippen molar-refractivity contribution in [2.24, 2.45) is 11.7 Å².